The molecule has 118 valence electrons. The maximum atomic E-state index is 12.3. The zero-order valence-corrected chi connectivity index (χ0v) is 13.8. The van der Waals surface area contributed by atoms with E-state index in [0.29, 0.717) is 17.7 Å². The second-order valence-corrected chi connectivity index (χ2v) is 6.89. The minimum Gasteiger partial charge on any atom is -0.342 e. The van der Waals surface area contributed by atoms with E-state index in [0.717, 1.165) is 32.5 Å². The first kappa shape index (κ1) is 16.2. The second-order valence-electron chi connectivity index (χ2n) is 5.59. The third-order valence-corrected chi connectivity index (χ3v) is 4.48. The average Bonchev–Trinajstić information content (AvgIpc) is 3.09. The van der Waals surface area contributed by atoms with Crippen molar-refractivity contribution in [2.45, 2.75) is 56.6 Å². The van der Waals surface area contributed by atoms with Gasteiger partial charge in [-0.3, -0.25) is 4.79 Å². The number of likely N-dealkylation sites (tertiary alicyclic amines) is 1. The van der Waals surface area contributed by atoms with Crippen LogP contribution in [0.3, 0.4) is 0 Å². The number of rotatable bonds is 7. The van der Waals surface area contributed by atoms with Gasteiger partial charge in [0.2, 0.25) is 11.1 Å². The van der Waals surface area contributed by atoms with Crippen LogP contribution in [-0.2, 0) is 11.3 Å². The molecular formula is C13H24N6OS. The Bertz CT molecular complexity index is 457. The molecular weight excluding hydrogens is 288 g/mol. The van der Waals surface area contributed by atoms with Crippen LogP contribution in [-0.4, -0.2) is 61.9 Å². The van der Waals surface area contributed by atoms with Crippen LogP contribution in [0.15, 0.2) is 5.16 Å². The summed E-state index contributed by atoms with van der Waals surface area (Å²) in [6.07, 6.45) is 2.23. The van der Waals surface area contributed by atoms with Gasteiger partial charge in [0.05, 0.1) is 11.8 Å². The Morgan fingerprint density at radius 1 is 1.33 bits per heavy atom. The summed E-state index contributed by atoms with van der Waals surface area (Å²) in [5.41, 5.74) is 0. The average molecular weight is 312 g/mol. The molecule has 1 N–H and O–H groups in total. The number of tetrazole rings is 1. The highest BCUT2D eigenvalue weighted by Gasteiger charge is 2.25. The van der Waals surface area contributed by atoms with Crippen molar-refractivity contribution < 1.29 is 4.79 Å². The fourth-order valence-electron chi connectivity index (χ4n) is 2.28. The lowest BCUT2D eigenvalue weighted by Crippen LogP contribution is -2.34. The van der Waals surface area contributed by atoms with Crippen LogP contribution in [0.1, 0.15) is 33.6 Å². The lowest BCUT2D eigenvalue weighted by atomic mass is 10.4. The van der Waals surface area contributed by atoms with Crippen molar-refractivity contribution in [2.24, 2.45) is 0 Å². The fraction of sp³-hybridized carbons (Fsp3) is 0.846. The second kappa shape index (κ2) is 7.74. The van der Waals surface area contributed by atoms with Gasteiger partial charge >= 0.3 is 0 Å². The van der Waals surface area contributed by atoms with Gasteiger partial charge in [-0.15, -0.1) is 5.10 Å². The van der Waals surface area contributed by atoms with E-state index in [4.69, 9.17) is 0 Å². The van der Waals surface area contributed by atoms with E-state index in [1.807, 2.05) is 11.8 Å². The zero-order valence-electron chi connectivity index (χ0n) is 12.9. The molecule has 1 aromatic rings. The van der Waals surface area contributed by atoms with E-state index in [-0.39, 0.29) is 11.2 Å². The Hall–Kier alpha value is -1.15. The van der Waals surface area contributed by atoms with Crippen LogP contribution < -0.4 is 5.32 Å². The van der Waals surface area contributed by atoms with Crippen molar-refractivity contribution in [3.05, 3.63) is 0 Å². The number of thioether (sulfide) groups is 1. The Balaban J connectivity index is 1.87. The monoisotopic (exact) mass is 312 g/mol. The van der Waals surface area contributed by atoms with Crippen molar-refractivity contribution in [2.75, 3.05) is 19.6 Å². The normalized spacial score (nSPS) is 16.7. The Kier molecular flexibility index (Phi) is 5.98. The van der Waals surface area contributed by atoms with Crippen molar-refractivity contribution in [1.82, 2.24) is 30.4 Å². The summed E-state index contributed by atoms with van der Waals surface area (Å²) in [6, 6.07) is 0.438. The van der Waals surface area contributed by atoms with Crippen LogP contribution >= 0.6 is 11.8 Å². The first-order valence-electron chi connectivity index (χ1n) is 7.53. The van der Waals surface area contributed by atoms with Crippen LogP contribution in [0, 0.1) is 0 Å². The van der Waals surface area contributed by atoms with Gasteiger partial charge in [-0.1, -0.05) is 25.6 Å². The van der Waals surface area contributed by atoms with Crippen molar-refractivity contribution >= 4 is 17.7 Å². The molecule has 0 radical (unpaired) electrons. The maximum absolute atomic E-state index is 12.3. The molecule has 1 aromatic heterocycles. The number of nitrogens with zero attached hydrogens (tertiary/aromatic N) is 5. The molecule has 7 nitrogen and oxygen atoms in total. The molecule has 8 heteroatoms. The summed E-state index contributed by atoms with van der Waals surface area (Å²) in [4.78, 5) is 14.2. The van der Waals surface area contributed by atoms with E-state index in [1.54, 1.807) is 4.68 Å². The third-order valence-electron chi connectivity index (χ3n) is 3.42. The Morgan fingerprint density at radius 2 is 2.05 bits per heavy atom. The summed E-state index contributed by atoms with van der Waals surface area (Å²) in [7, 11) is 0. The molecule has 0 aromatic carbocycles. The number of amides is 1. The number of hydrogen-bond acceptors (Lipinski definition) is 6. The minimum atomic E-state index is -0.147. The molecule has 1 aliphatic rings. The molecule has 1 atom stereocenters. The molecule has 1 unspecified atom stereocenters. The molecule has 1 fully saturated rings. The standard InChI is InChI=1S/C13H24N6OS/c1-10(2)14-6-9-19-13(15-16-17-19)21-11(3)12(20)18-7-4-5-8-18/h10-11,14H,4-9H2,1-3H3. The fourth-order valence-corrected chi connectivity index (χ4v) is 3.18. The molecule has 2 heterocycles. The molecule has 0 aliphatic carbocycles. The number of hydrogen-bond donors (Lipinski definition) is 1. The van der Waals surface area contributed by atoms with Gasteiger partial charge in [0.25, 0.3) is 0 Å². The topological polar surface area (TPSA) is 75.9 Å². The Morgan fingerprint density at radius 3 is 2.71 bits per heavy atom. The third kappa shape index (κ3) is 4.67. The van der Waals surface area contributed by atoms with Crippen molar-refractivity contribution in [3.8, 4) is 0 Å². The Labute approximate surface area is 129 Å². The minimum absolute atomic E-state index is 0.147. The van der Waals surface area contributed by atoms with Gasteiger partial charge in [-0.25, -0.2) is 4.68 Å². The van der Waals surface area contributed by atoms with Gasteiger partial charge in [-0.05, 0) is 30.2 Å². The van der Waals surface area contributed by atoms with Gasteiger partial charge in [0, 0.05) is 25.7 Å². The predicted octanol–water partition coefficient (Wildman–Crippen LogP) is 0.774. The highest BCUT2D eigenvalue weighted by atomic mass is 32.2. The molecule has 1 saturated heterocycles. The zero-order chi connectivity index (χ0) is 15.2. The highest BCUT2D eigenvalue weighted by Crippen LogP contribution is 2.23. The lowest BCUT2D eigenvalue weighted by Gasteiger charge is -2.19. The van der Waals surface area contributed by atoms with Crippen LogP contribution in [0.25, 0.3) is 0 Å². The van der Waals surface area contributed by atoms with Gasteiger partial charge in [-0.2, -0.15) is 0 Å². The van der Waals surface area contributed by atoms with Crippen LogP contribution in [0.5, 0.6) is 0 Å². The largest absolute Gasteiger partial charge is 0.342 e. The number of carbonyl (C=O) groups excluding carboxylic acids is 1. The SMILES string of the molecule is CC(C)NCCn1nnnc1SC(C)C(=O)N1CCCC1. The van der Waals surface area contributed by atoms with E-state index in [2.05, 4.69) is 34.7 Å². The van der Waals surface area contributed by atoms with Gasteiger partial charge in [0.1, 0.15) is 0 Å². The summed E-state index contributed by atoms with van der Waals surface area (Å²) in [5, 5.41) is 15.6. The molecule has 2 rings (SSSR count). The smallest absolute Gasteiger partial charge is 0.235 e. The first-order valence-corrected chi connectivity index (χ1v) is 8.41. The van der Waals surface area contributed by atoms with E-state index >= 15 is 0 Å². The van der Waals surface area contributed by atoms with Crippen LogP contribution in [0.2, 0.25) is 0 Å². The van der Waals surface area contributed by atoms with Crippen LogP contribution in [0.4, 0.5) is 0 Å². The van der Waals surface area contributed by atoms with Crippen molar-refractivity contribution in [1.29, 1.82) is 0 Å². The molecule has 0 bridgehead atoms. The lowest BCUT2D eigenvalue weighted by molar-refractivity contribution is -0.129. The summed E-state index contributed by atoms with van der Waals surface area (Å²) < 4.78 is 1.76. The summed E-state index contributed by atoms with van der Waals surface area (Å²) in [5.74, 6) is 0.187. The first-order chi connectivity index (χ1) is 10.1. The van der Waals surface area contributed by atoms with E-state index in [1.165, 1.54) is 11.8 Å². The molecule has 0 saturated carbocycles. The van der Waals surface area contributed by atoms with Crippen molar-refractivity contribution in [3.63, 3.8) is 0 Å². The molecule has 21 heavy (non-hydrogen) atoms. The number of carbonyl (C=O) groups is 1. The van der Waals surface area contributed by atoms with Gasteiger partial charge < -0.3 is 10.2 Å². The highest BCUT2D eigenvalue weighted by molar-refractivity contribution is 8.00. The summed E-state index contributed by atoms with van der Waals surface area (Å²) >= 11 is 1.44. The summed E-state index contributed by atoms with van der Waals surface area (Å²) in [6.45, 7) is 9.41. The molecule has 0 spiro atoms. The predicted molar refractivity (Wildman–Crippen MR) is 82.1 cm³/mol. The van der Waals surface area contributed by atoms with E-state index in [9.17, 15) is 4.79 Å². The molecule has 1 aliphatic heterocycles. The number of nitrogens with one attached hydrogen (secondary N) is 1. The number of aromatic nitrogens is 4. The maximum Gasteiger partial charge on any atom is 0.235 e. The molecule has 1 amide bonds. The van der Waals surface area contributed by atoms with E-state index < -0.39 is 0 Å². The van der Waals surface area contributed by atoms with Gasteiger partial charge in [0.15, 0.2) is 0 Å². The quantitative estimate of drug-likeness (QED) is 0.750.